The number of hydrogen-bond acceptors (Lipinski definition) is 2. The van der Waals surface area contributed by atoms with E-state index in [1.54, 1.807) is 6.92 Å². The van der Waals surface area contributed by atoms with Gasteiger partial charge in [-0.1, -0.05) is 0 Å². The fraction of sp³-hybridized carbons (Fsp3) is 0.455. The molecule has 0 saturated heterocycles. The smallest absolute Gasteiger partial charge is 0.270 e. The third-order valence-electron chi connectivity index (χ3n) is 2.67. The van der Waals surface area contributed by atoms with Gasteiger partial charge in [-0.15, -0.1) is 0 Å². The van der Waals surface area contributed by atoms with Crippen LogP contribution < -0.4 is 0 Å². The fourth-order valence-electron chi connectivity index (χ4n) is 1.79. The number of alkyl halides is 2. The first kappa shape index (κ1) is 11.8. The molecule has 17 heavy (non-hydrogen) atoms. The van der Waals surface area contributed by atoms with Gasteiger partial charge in [0.15, 0.2) is 0 Å². The molecule has 0 spiro atoms. The van der Waals surface area contributed by atoms with Gasteiger partial charge in [0.05, 0.1) is 11.4 Å². The molecule has 0 amide bonds. The van der Waals surface area contributed by atoms with Crippen LogP contribution in [0.2, 0.25) is 0 Å². The molecule has 2 heterocycles. The van der Waals surface area contributed by atoms with Crippen molar-refractivity contribution < 1.29 is 8.78 Å². The minimum absolute atomic E-state index is 0.561. The maximum atomic E-state index is 12.5. The van der Waals surface area contributed by atoms with Crippen LogP contribution in [-0.4, -0.2) is 19.6 Å². The molecule has 0 saturated carbocycles. The number of rotatable bonds is 3. The van der Waals surface area contributed by atoms with Crippen LogP contribution >= 0.6 is 0 Å². The normalized spacial score (nSPS) is 11.4. The average Bonchev–Trinajstić information content (AvgIpc) is 2.81. The lowest BCUT2D eigenvalue weighted by Crippen LogP contribution is -1.98. The van der Waals surface area contributed by atoms with Crippen molar-refractivity contribution in [2.24, 2.45) is 0 Å². The van der Waals surface area contributed by atoms with Gasteiger partial charge in [0, 0.05) is 24.0 Å². The summed E-state index contributed by atoms with van der Waals surface area (Å²) in [6, 6.07) is 1.88. The van der Waals surface area contributed by atoms with Crippen molar-refractivity contribution in [1.82, 2.24) is 19.6 Å². The molecule has 0 aliphatic carbocycles. The quantitative estimate of drug-likeness (QED) is 0.827. The lowest BCUT2D eigenvalue weighted by molar-refractivity contribution is 0.0563. The summed E-state index contributed by atoms with van der Waals surface area (Å²) in [5.74, 6) is 0. The van der Waals surface area contributed by atoms with Gasteiger partial charge in [-0.2, -0.15) is 19.0 Å². The molecule has 0 fully saturated rings. The maximum absolute atomic E-state index is 12.5. The number of halogens is 2. The van der Waals surface area contributed by atoms with Crippen molar-refractivity contribution in [3.8, 4) is 11.3 Å². The first-order valence-electron chi connectivity index (χ1n) is 5.41. The summed E-state index contributed by atoms with van der Waals surface area (Å²) in [4.78, 5) is 0. The van der Waals surface area contributed by atoms with Crippen molar-refractivity contribution in [2.75, 3.05) is 0 Å². The average molecular weight is 240 g/mol. The molecule has 2 aromatic heterocycles. The first-order valence-corrected chi connectivity index (χ1v) is 5.41. The molecule has 0 N–H and O–H groups in total. The van der Waals surface area contributed by atoms with Crippen LogP contribution in [-0.2, 0) is 6.54 Å². The number of nitrogens with zero attached hydrogens (tertiary/aromatic N) is 4. The van der Waals surface area contributed by atoms with E-state index in [2.05, 4.69) is 10.2 Å². The summed E-state index contributed by atoms with van der Waals surface area (Å²) < 4.78 is 27.5. The standard InChI is InChI=1S/C11H14F2N4/c1-4-16-7(2)5-10(15-16)9-6-17(11(12)13)14-8(9)3/h5-6,11H,4H2,1-3H3. The van der Waals surface area contributed by atoms with Crippen LogP contribution in [0.1, 0.15) is 24.9 Å². The molecule has 0 atom stereocenters. The molecule has 0 aliphatic rings. The van der Waals surface area contributed by atoms with Gasteiger partial charge < -0.3 is 0 Å². The van der Waals surface area contributed by atoms with Crippen molar-refractivity contribution in [3.05, 3.63) is 23.7 Å². The van der Waals surface area contributed by atoms with Crippen LogP contribution in [0.4, 0.5) is 8.78 Å². The Morgan fingerprint density at radius 2 is 2.00 bits per heavy atom. The minimum atomic E-state index is -2.61. The van der Waals surface area contributed by atoms with Gasteiger partial charge in [0.25, 0.3) is 0 Å². The summed E-state index contributed by atoms with van der Waals surface area (Å²) in [6.45, 7) is 3.77. The lowest BCUT2D eigenvalue weighted by Gasteiger charge is -1.96. The molecule has 0 unspecified atom stereocenters. The van der Waals surface area contributed by atoms with E-state index in [-0.39, 0.29) is 0 Å². The van der Waals surface area contributed by atoms with E-state index in [0.29, 0.717) is 21.6 Å². The van der Waals surface area contributed by atoms with E-state index >= 15 is 0 Å². The Morgan fingerprint density at radius 1 is 1.29 bits per heavy atom. The molecule has 0 aromatic carbocycles. The maximum Gasteiger partial charge on any atom is 0.333 e. The Morgan fingerprint density at radius 3 is 2.47 bits per heavy atom. The number of aryl methyl sites for hydroxylation is 3. The fourth-order valence-corrected chi connectivity index (χ4v) is 1.79. The Labute approximate surface area is 97.9 Å². The second-order valence-electron chi connectivity index (χ2n) is 3.87. The van der Waals surface area contributed by atoms with Crippen LogP contribution in [0.5, 0.6) is 0 Å². The van der Waals surface area contributed by atoms with Crippen molar-refractivity contribution in [2.45, 2.75) is 33.9 Å². The summed E-state index contributed by atoms with van der Waals surface area (Å²) in [5.41, 5.74) is 2.91. The van der Waals surface area contributed by atoms with E-state index in [4.69, 9.17) is 0 Å². The highest BCUT2D eigenvalue weighted by Gasteiger charge is 2.15. The highest BCUT2D eigenvalue weighted by molar-refractivity contribution is 5.61. The third kappa shape index (κ3) is 2.07. The zero-order valence-electron chi connectivity index (χ0n) is 9.98. The van der Waals surface area contributed by atoms with Crippen molar-refractivity contribution in [3.63, 3.8) is 0 Å². The van der Waals surface area contributed by atoms with Crippen molar-refractivity contribution >= 4 is 0 Å². The van der Waals surface area contributed by atoms with E-state index in [9.17, 15) is 8.78 Å². The molecule has 0 radical (unpaired) electrons. The minimum Gasteiger partial charge on any atom is -0.270 e. The summed E-state index contributed by atoms with van der Waals surface area (Å²) >= 11 is 0. The van der Waals surface area contributed by atoms with Crippen molar-refractivity contribution in [1.29, 1.82) is 0 Å². The molecular weight excluding hydrogens is 226 g/mol. The Balaban J connectivity index is 2.45. The SMILES string of the molecule is CCn1nc(-c2cn(C(F)F)nc2C)cc1C. The second kappa shape index (κ2) is 4.27. The molecule has 0 bridgehead atoms. The summed E-state index contributed by atoms with van der Waals surface area (Å²) in [7, 11) is 0. The molecule has 4 nitrogen and oxygen atoms in total. The molecule has 92 valence electrons. The Bertz CT molecular complexity index is 528. The Kier molecular flexibility index (Phi) is 2.95. The highest BCUT2D eigenvalue weighted by atomic mass is 19.3. The third-order valence-corrected chi connectivity index (χ3v) is 2.67. The van der Waals surface area contributed by atoms with Gasteiger partial charge in [-0.3, -0.25) is 4.68 Å². The van der Waals surface area contributed by atoms with Crippen LogP contribution in [0.3, 0.4) is 0 Å². The summed E-state index contributed by atoms with van der Waals surface area (Å²) in [6.07, 6.45) is 1.34. The first-order chi connectivity index (χ1) is 8.02. The van der Waals surface area contributed by atoms with Gasteiger partial charge in [-0.05, 0) is 26.8 Å². The molecular formula is C11H14F2N4. The summed E-state index contributed by atoms with van der Waals surface area (Å²) in [5, 5.41) is 8.12. The van der Waals surface area contributed by atoms with Crippen LogP contribution in [0.25, 0.3) is 11.3 Å². The Hall–Kier alpha value is -1.72. The highest BCUT2D eigenvalue weighted by Crippen LogP contribution is 2.24. The number of hydrogen-bond donors (Lipinski definition) is 0. The zero-order valence-corrected chi connectivity index (χ0v) is 9.98. The molecule has 0 aliphatic heterocycles. The predicted molar refractivity (Wildman–Crippen MR) is 59.8 cm³/mol. The topological polar surface area (TPSA) is 35.6 Å². The second-order valence-corrected chi connectivity index (χ2v) is 3.87. The molecule has 6 heteroatoms. The monoisotopic (exact) mass is 240 g/mol. The number of aromatic nitrogens is 4. The predicted octanol–water partition coefficient (Wildman–Crippen LogP) is 2.78. The van der Waals surface area contributed by atoms with E-state index in [0.717, 1.165) is 12.2 Å². The molecule has 2 aromatic rings. The van der Waals surface area contributed by atoms with Crippen LogP contribution in [0.15, 0.2) is 12.3 Å². The van der Waals surface area contributed by atoms with E-state index < -0.39 is 6.55 Å². The van der Waals surface area contributed by atoms with Gasteiger partial charge in [0.1, 0.15) is 0 Å². The largest absolute Gasteiger partial charge is 0.333 e. The lowest BCUT2D eigenvalue weighted by atomic mass is 10.2. The zero-order chi connectivity index (χ0) is 12.6. The molecule has 2 rings (SSSR count). The van der Waals surface area contributed by atoms with E-state index in [1.807, 2.05) is 24.6 Å². The van der Waals surface area contributed by atoms with Gasteiger partial charge in [-0.25, -0.2) is 4.68 Å². The van der Waals surface area contributed by atoms with Gasteiger partial charge in [0.2, 0.25) is 0 Å². The van der Waals surface area contributed by atoms with E-state index in [1.165, 1.54) is 6.20 Å². The van der Waals surface area contributed by atoms with Gasteiger partial charge >= 0.3 is 6.55 Å². The van der Waals surface area contributed by atoms with Crippen LogP contribution in [0, 0.1) is 13.8 Å².